The van der Waals surface area contributed by atoms with E-state index < -0.39 is 10.0 Å². The van der Waals surface area contributed by atoms with E-state index in [4.69, 9.17) is 4.74 Å². The third-order valence-corrected chi connectivity index (χ3v) is 7.58. The third kappa shape index (κ3) is 5.26. The van der Waals surface area contributed by atoms with Gasteiger partial charge in [0.2, 0.25) is 10.0 Å². The molecular weight excluding hydrogens is 414 g/mol. The lowest BCUT2D eigenvalue weighted by atomic mass is 10.1. The van der Waals surface area contributed by atoms with Crippen LogP contribution < -0.4 is 10.2 Å². The number of hydrogen-bond donors (Lipinski definition) is 1. The molecule has 0 saturated carbocycles. The summed E-state index contributed by atoms with van der Waals surface area (Å²) in [5, 5.41) is 2.94. The highest BCUT2D eigenvalue weighted by molar-refractivity contribution is 7.89. The van der Waals surface area contributed by atoms with Crippen LogP contribution in [0, 0.1) is 0 Å². The minimum atomic E-state index is -3.64. The molecule has 8 heteroatoms. The molecule has 1 N–H and O–H groups in total. The van der Waals surface area contributed by atoms with Crippen molar-refractivity contribution in [3.8, 4) is 0 Å². The molecule has 1 aliphatic rings. The Morgan fingerprint density at radius 1 is 1.03 bits per heavy atom. The van der Waals surface area contributed by atoms with Crippen LogP contribution in [0.3, 0.4) is 0 Å². The molecule has 7 nitrogen and oxygen atoms in total. The number of carbonyl (C=O) groups excluding carboxylic acids is 1. The molecule has 0 aliphatic carbocycles. The van der Waals surface area contributed by atoms with E-state index in [1.807, 2.05) is 26.0 Å². The largest absolute Gasteiger partial charge is 0.378 e. The molecule has 0 aromatic heterocycles. The maximum absolute atomic E-state index is 13.0. The standard InChI is InChI=1S/C23H31N3O4S/c1-4-18-7-9-19(10-8-18)23(27)24-21-17-20(31(28,29)26(5-2)6-3)11-12-22(21)25-13-15-30-16-14-25/h7-12,17H,4-6,13-16H2,1-3H3,(H,24,27). The van der Waals surface area contributed by atoms with Crippen molar-refractivity contribution >= 4 is 27.3 Å². The highest BCUT2D eigenvalue weighted by Crippen LogP contribution is 2.31. The highest BCUT2D eigenvalue weighted by Gasteiger charge is 2.25. The second kappa shape index (κ2) is 10.3. The van der Waals surface area contributed by atoms with Crippen molar-refractivity contribution in [2.24, 2.45) is 0 Å². The molecule has 31 heavy (non-hydrogen) atoms. The van der Waals surface area contributed by atoms with Gasteiger partial charge in [-0.1, -0.05) is 32.9 Å². The number of sulfonamides is 1. The van der Waals surface area contributed by atoms with Crippen LogP contribution >= 0.6 is 0 Å². The first-order valence-corrected chi connectivity index (χ1v) is 12.2. The molecule has 0 unspecified atom stereocenters. The lowest BCUT2D eigenvalue weighted by Gasteiger charge is -2.31. The average molecular weight is 446 g/mol. The van der Waals surface area contributed by atoms with Crippen LogP contribution in [0.1, 0.15) is 36.7 Å². The molecule has 1 heterocycles. The van der Waals surface area contributed by atoms with Gasteiger partial charge >= 0.3 is 0 Å². The van der Waals surface area contributed by atoms with Crippen molar-refractivity contribution in [1.29, 1.82) is 0 Å². The van der Waals surface area contributed by atoms with Crippen LogP contribution in [0.5, 0.6) is 0 Å². The van der Waals surface area contributed by atoms with Gasteiger partial charge < -0.3 is 15.0 Å². The van der Waals surface area contributed by atoms with Crippen molar-refractivity contribution in [2.45, 2.75) is 32.1 Å². The van der Waals surface area contributed by atoms with Crippen LogP contribution in [0.2, 0.25) is 0 Å². The summed E-state index contributed by atoms with van der Waals surface area (Å²) in [6.45, 7) is 8.98. The number of carbonyl (C=O) groups is 1. The predicted molar refractivity (Wildman–Crippen MR) is 123 cm³/mol. The summed E-state index contributed by atoms with van der Waals surface area (Å²) in [7, 11) is -3.64. The molecule has 1 amide bonds. The minimum Gasteiger partial charge on any atom is -0.378 e. The molecule has 0 radical (unpaired) electrons. The van der Waals surface area contributed by atoms with Gasteiger partial charge in [-0.25, -0.2) is 8.42 Å². The first-order valence-electron chi connectivity index (χ1n) is 10.8. The van der Waals surface area contributed by atoms with E-state index in [0.717, 1.165) is 17.7 Å². The van der Waals surface area contributed by atoms with Gasteiger partial charge in [0.15, 0.2) is 0 Å². The van der Waals surface area contributed by atoms with Crippen LogP contribution in [0.25, 0.3) is 0 Å². The summed E-state index contributed by atoms with van der Waals surface area (Å²) in [6, 6.07) is 12.4. The lowest BCUT2D eigenvalue weighted by Crippen LogP contribution is -2.37. The van der Waals surface area contributed by atoms with Crippen molar-refractivity contribution in [3.05, 3.63) is 53.6 Å². The van der Waals surface area contributed by atoms with Gasteiger partial charge in [-0.05, 0) is 42.3 Å². The van der Waals surface area contributed by atoms with E-state index in [1.165, 1.54) is 4.31 Å². The Morgan fingerprint density at radius 2 is 1.68 bits per heavy atom. The fourth-order valence-corrected chi connectivity index (χ4v) is 5.14. The van der Waals surface area contributed by atoms with E-state index in [2.05, 4.69) is 17.1 Å². The number of aryl methyl sites for hydroxylation is 1. The highest BCUT2D eigenvalue weighted by atomic mass is 32.2. The zero-order valence-corrected chi connectivity index (χ0v) is 19.2. The number of anilines is 2. The molecule has 168 valence electrons. The van der Waals surface area contributed by atoms with Crippen LogP contribution in [0.15, 0.2) is 47.4 Å². The molecular formula is C23H31N3O4S. The second-order valence-electron chi connectivity index (χ2n) is 7.37. The number of nitrogens with zero attached hydrogens (tertiary/aromatic N) is 2. The number of rotatable bonds is 8. The van der Waals surface area contributed by atoms with Gasteiger partial charge in [-0.2, -0.15) is 4.31 Å². The molecule has 2 aromatic rings. The van der Waals surface area contributed by atoms with Gasteiger partial charge in [0, 0.05) is 31.7 Å². The van der Waals surface area contributed by atoms with Crippen LogP contribution in [-0.4, -0.2) is 58.0 Å². The maximum atomic E-state index is 13.0. The van der Waals surface area contributed by atoms with Gasteiger partial charge in [-0.3, -0.25) is 4.79 Å². The first-order chi connectivity index (χ1) is 14.9. The summed E-state index contributed by atoms with van der Waals surface area (Å²) in [6.07, 6.45) is 0.897. The number of amides is 1. The summed E-state index contributed by atoms with van der Waals surface area (Å²) in [4.78, 5) is 15.2. The monoisotopic (exact) mass is 445 g/mol. The normalized spacial score (nSPS) is 14.6. The van der Waals surface area contributed by atoms with Crippen molar-refractivity contribution < 1.29 is 17.9 Å². The van der Waals surface area contributed by atoms with Crippen LogP contribution in [0.4, 0.5) is 11.4 Å². The van der Waals surface area contributed by atoms with E-state index in [9.17, 15) is 13.2 Å². The Labute approximate surface area is 185 Å². The second-order valence-corrected chi connectivity index (χ2v) is 9.31. The molecule has 0 spiro atoms. The molecule has 1 aliphatic heterocycles. The predicted octanol–water partition coefficient (Wildman–Crippen LogP) is 3.37. The third-order valence-electron chi connectivity index (χ3n) is 5.54. The quantitative estimate of drug-likeness (QED) is 0.674. The van der Waals surface area contributed by atoms with E-state index in [0.29, 0.717) is 50.6 Å². The number of benzene rings is 2. The van der Waals surface area contributed by atoms with Crippen molar-refractivity contribution in [2.75, 3.05) is 49.6 Å². The topological polar surface area (TPSA) is 79.0 Å². The van der Waals surface area contributed by atoms with Gasteiger partial charge in [-0.15, -0.1) is 0 Å². The molecule has 0 atom stereocenters. The molecule has 1 fully saturated rings. The maximum Gasteiger partial charge on any atom is 0.255 e. The number of hydrogen-bond acceptors (Lipinski definition) is 5. The van der Waals surface area contributed by atoms with Gasteiger partial charge in [0.05, 0.1) is 29.5 Å². The summed E-state index contributed by atoms with van der Waals surface area (Å²) in [5.74, 6) is -0.269. The molecule has 3 rings (SSSR count). The number of morpholine rings is 1. The first kappa shape index (κ1) is 23.2. The lowest BCUT2D eigenvalue weighted by molar-refractivity contribution is 0.102. The summed E-state index contributed by atoms with van der Waals surface area (Å²) >= 11 is 0. The minimum absolute atomic E-state index is 0.171. The molecule has 2 aromatic carbocycles. The summed E-state index contributed by atoms with van der Waals surface area (Å²) in [5.41, 5.74) is 2.96. The zero-order valence-electron chi connectivity index (χ0n) is 18.4. The average Bonchev–Trinajstić information content (AvgIpc) is 2.80. The Morgan fingerprint density at radius 3 is 2.26 bits per heavy atom. The Hall–Kier alpha value is -2.42. The fraction of sp³-hybridized carbons (Fsp3) is 0.435. The number of nitrogens with one attached hydrogen (secondary N) is 1. The Balaban J connectivity index is 1.98. The van der Waals surface area contributed by atoms with Gasteiger partial charge in [0.25, 0.3) is 5.91 Å². The number of ether oxygens (including phenoxy) is 1. The van der Waals surface area contributed by atoms with Crippen LogP contribution in [-0.2, 0) is 21.2 Å². The van der Waals surface area contributed by atoms with Crippen molar-refractivity contribution in [3.63, 3.8) is 0 Å². The summed E-state index contributed by atoms with van der Waals surface area (Å²) < 4.78 is 32.9. The zero-order chi connectivity index (χ0) is 22.4. The smallest absolute Gasteiger partial charge is 0.255 e. The molecule has 0 bridgehead atoms. The Kier molecular flexibility index (Phi) is 7.69. The SMILES string of the molecule is CCc1ccc(C(=O)Nc2cc(S(=O)(=O)N(CC)CC)ccc2N2CCOCC2)cc1. The van der Waals surface area contributed by atoms with E-state index in [-0.39, 0.29) is 10.8 Å². The van der Waals surface area contributed by atoms with E-state index >= 15 is 0 Å². The molecule has 1 saturated heterocycles. The van der Waals surface area contributed by atoms with E-state index in [1.54, 1.807) is 30.3 Å². The Bertz CT molecular complexity index is 996. The fourth-order valence-electron chi connectivity index (χ4n) is 3.65. The van der Waals surface area contributed by atoms with Gasteiger partial charge in [0.1, 0.15) is 0 Å². The van der Waals surface area contributed by atoms with Crippen molar-refractivity contribution in [1.82, 2.24) is 4.31 Å².